The number of fused-ring (bicyclic) bond motifs is 1. The molecule has 3 N–H and O–H groups in total. The molecule has 1 saturated carbocycles. The van der Waals surface area contributed by atoms with Crippen molar-refractivity contribution in [2.24, 2.45) is 17.6 Å². The minimum absolute atomic E-state index is 0.309. The third-order valence-corrected chi connectivity index (χ3v) is 3.37. The number of likely N-dealkylation sites (tertiary alicyclic amines) is 1. The summed E-state index contributed by atoms with van der Waals surface area (Å²) >= 11 is 0. The van der Waals surface area contributed by atoms with Gasteiger partial charge in [-0.05, 0) is 31.1 Å². The number of carboxylic acid groups (broad SMARTS) is 1. The van der Waals surface area contributed by atoms with Gasteiger partial charge >= 0.3 is 6.09 Å². The Hall–Kier alpha value is -0.770. The van der Waals surface area contributed by atoms with E-state index in [1.165, 1.54) is 4.90 Å². The number of nitrogens with two attached hydrogens (primary N) is 1. The molecule has 1 aliphatic heterocycles. The summed E-state index contributed by atoms with van der Waals surface area (Å²) in [7, 11) is 0. The zero-order valence-electron chi connectivity index (χ0n) is 7.65. The fourth-order valence-corrected chi connectivity index (χ4v) is 2.71. The Labute approximate surface area is 77.7 Å². The predicted molar refractivity (Wildman–Crippen MR) is 48.4 cm³/mol. The lowest BCUT2D eigenvalue weighted by atomic mass is 9.89. The van der Waals surface area contributed by atoms with Crippen molar-refractivity contribution in [3.8, 4) is 0 Å². The molecule has 2 rings (SSSR count). The van der Waals surface area contributed by atoms with Crippen LogP contribution >= 0.6 is 0 Å². The number of nitrogens with zero attached hydrogens (tertiary/aromatic N) is 1. The van der Waals surface area contributed by atoms with E-state index in [4.69, 9.17) is 10.8 Å². The van der Waals surface area contributed by atoms with E-state index < -0.39 is 6.09 Å². The van der Waals surface area contributed by atoms with Crippen LogP contribution in [-0.4, -0.2) is 35.2 Å². The lowest BCUT2D eigenvalue weighted by molar-refractivity contribution is 0.106. The maximum Gasteiger partial charge on any atom is 0.407 e. The van der Waals surface area contributed by atoms with Gasteiger partial charge in [0, 0.05) is 19.1 Å². The molecule has 4 heteroatoms. The predicted octanol–water partition coefficient (Wildman–Crippen LogP) is 0.724. The largest absolute Gasteiger partial charge is 0.465 e. The summed E-state index contributed by atoms with van der Waals surface area (Å²) in [5.41, 5.74) is 5.85. The monoisotopic (exact) mass is 184 g/mol. The lowest BCUT2D eigenvalue weighted by Gasteiger charge is -2.32. The molecule has 2 aliphatic rings. The molecule has 1 saturated heterocycles. The molecular weight excluding hydrogens is 168 g/mol. The summed E-state index contributed by atoms with van der Waals surface area (Å²) in [5, 5.41) is 8.82. The van der Waals surface area contributed by atoms with Gasteiger partial charge in [-0.15, -0.1) is 0 Å². The normalized spacial score (nSPS) is 38.8. The van der Waals surface area contributed by atoms with Crippen LogP contribution in [0.15, 0.2) is 0 Å². The summed E-state index contributed by atoms with van der Waals surface area (Å²) in [6, 6.07) is 0.309. The summed E-state index contributed by atoms with van der Waals surface area (Å²) in [5.74, 6) is 1.21. The Morgan fingerprint density at radius 1 is 1.38 bits per heavy atom. The van der Waals surface area contributed by atoms with Crippen LogP contribution in [0.3, 0.4) is 0 Å². The van der Waals surface area contributed by atoms with E-state index in [-0.39, 0.29) is 0 Å². The van der Waals surface area contributed by atoms with Crippen molar-refractivity contribution >= 4 is 6.09 Å². The van der Waals surface area contributed by atoms with Gasteiger partial charge in [-0.2, -0.15) is 0 Å². The summed E-state index contributed by atoms with van der Waals surface area (Å²) < 4.78 is 0. The second-order valence-corrected chi connectivity index (χ2v) is 4.27. The van der Waals surface area contributed by atoms with E-state index in [1.807, 2.05) is 0 Å². The zero-order valence-corrected chi connectivity index (χ0v) is 7.65. The molecule has 1 amide bonds. The fraction of sp³-hybridized carbons (Fsp3) is 0.889. The quantitative estimate of drug-likeness (QED) is 0.583. The van der Waals surface area contributed by atoms with Crippen molar-refractivity contribution in [3.05, 3.63) is 0 Å². The average Bonchev–Trinajstić information content (AvgIpc) is 2.42. The number of piperidine rings is 1. The molecule has 4 nitrogen and oxygen atoms in total. The Morgan fingerprint density at radius 2 is 2.08 bits per heavy atom. The molecule has 0 radical (unpaired) electrons. The maximum atomic E-state index is 10.7. The Kier molecular flexibility index (Phi) is 2.15. The molecule has 0 aromatic rings. The first kappa shape index (κ1) is 8.81. The summed E-state index contributed by atoms with van der Waals surface area (Å²) in [6.45, 7) is 1.40. The molecule has 1 aliphatic carbocycles. The van der Waals surface area contributed by atoms with Crippen LogP contribution in [0, 0.1) is 11.8 Å². The Bertz CT molecular complexity index is 220. The molecule has 0 spiro atoms. The topological polar surface area (TPSA) is 66.6 Å². The standard InChI is InChI=1S/C9H16N2O2/c10-8-3-6-1-2-11(9(12)13)5-7(6)4-8/h6-8H,1-5,10H2,(H,12,13)/t6-,7-,8+/m0/s1. The van der Waals surface area contributed by atoms with Crippen molar-refractivity contribution in [1.82, 2.24) is 4.90 Å². The van der Waals surface area contributed by atoms with Gasteiger partial charge in [0.25, 0.3) is 0 Å². The first-order valence-corrected chi connectivity index (χ1v) is 4.90. The van der Waals surface area contributed by atoms with Crippen LogP contribution in [-0.2, 0) is 0 Å². The molecule has 13 heavy (non-hydrogen) atoms. The molecule has 0 bridgehead atoms. The van der Waals surface area contributed by atoms with Crippen LogP contribution < -0.4 is 5.73 Å². The summed E-state index contributed by atoms with van der Waals surface area (Å²) in [6.07, 6.45) is 2.33. The highest BCUT2D eigenvalue weighted by atomic mass is 16.4. The van der Waals surface area contributed by atoms with Crippen LogP contribution in [0.25, 0.3) is 0 Å². The first-order chi connectivity index (χ1) is 6.16. The second kappa shape index (κ2) is 3.18. The Balaban J connectivity index is 1.97. The van der Waals surface area contributed by atoms with E-state index in [9.17, 15) is 4.79 Å². The van der Waals surface area contributed by atoms with Gasteiger partial charge in [0.2, 0.25) is 0 Å². The van der Waals surface area contributed by atoms with Gasteiger partial charge in [-0.3, -0.25) is 0 Å². The van der Waals surface area contributed by atoms with Crippen molar-refractivity contribution in [2.75, 3.05) is 13.1 Å². The van der Waals surface area contributed by atoms with E-state index in [1.54, 1.807) is 0 Å². The lowest BCUT2D eigenvalue weighted by Crippen LogP contribution is -2.41. The molecule has 2 fully saturated rings. The van der Waals surface area contributed by atoms with Gasteiger partial charge < -0.3 is 15.7 Å². The highest BCUT2D eigenvalue weighted by Gasteiger charge is 2.37. The van der Waals surface area contributed by atoms with Crippen LogP contribution in [0.4, 0.5) is 4.79 Å². The van der Waals surface area contributed by atoms with E-state index >= 15 is 0 Å². The fourth-order valence-electron chi connectivity index (χ4n) is 2.71. The SMILES string of the molecule is N[C@@H]1C[C@@H]2CCN(C(=O)O)C[C@@H]2C1. The zero-order chi connectivity index (χ0) is 9.42. The molecular formula is C9H16N2O2. The van der Waals surface area contributed by atoms with Crippen molar-refractivity contribution in [3.63, 3.8) is 0 Å². The molecule has 0 unspecified atom stereocenters. The minimum Gasteiger partial charge on any atom is -0.465 e. The van der Waals surface area contributed by atoms with Gasteiger partial charge in [0.05, 0.1) is 0 Å². The number of carbonyl (C=O) groups is 1. The molecule has 0 aromatic heterocycles. The van der Waals surface area contributed by atoms with Crippen LogP contribution in [0.2, 0.25) is 0 Å². The van der Waals surface area contributed by atoms with E-state index in [2.05, 4.69) is 0 Å². The highest BCUT2D eigenvalue weighted by Crippen LogP contribution is 2.37. The molecule has 3 atom stereocenters. The third kappa shape index (κ3) is 1.63. The number of hydrogen-bond acceptors (Lipinski definition) is 2. The van der Waals surface area contributed by atoms with Crippen molar-refractivity contribution in [2.45, 2.75) is 25.3 Å². The number of amides is 1. The van der Waals surface area contributed by atoms with E-state index in [0.29, 0.717) is 31.0 Å². The maximum absolute atomic E-state index is 10.7. The van der Waals surface area contributed by atoms with Crippen LogP contribution in [0.5, 0.6) is 0 Å². The van der Waals surface area contributed by atoms with Crippen molar-refractivity contribution in [1.29, 1.82) is 0 Å². The molecule has 74 valence electrons. The molecule has 0 aromatic carbocycles. The van der Waals surface area contributed by atoms with Crippen LogP contribution in [0.1, 0.15) is 19.3 Å². The van der Waals surface area contributed by atoms with E-state index in [0.717, 1.165) is 19.3 Å². The first-order valence-electron chi connectivity index (χ1n) is 4.90. The minimum atomic E-state index is -0.779. The van der Waals surface area contributed by atoms with Gasteiger partial charge in [0.15, 0.2) is 0 Å². The number of rotatable bonds is 0. The van der Waals surface area contributed by atoms with Crippen molar-refractivity contribution < 1.29 is 9.90 Å². The average molecular weight is 184 g/mol. The highest BCUT2D eigenvalue weighted by molar-refractivity contribution is 5.65. The second-order valence-electron chi connectivity index (χ2n) is 4.27. The van der Waals surface area contributed by atoms with Gasteiger partial charge in [-0.25, -0.2) is 4.79 Å². The molecule has 1 heterocycles. The smallest absolute Gasteiger partial charge is 0.407 e. The third-order valence-electron chi connectivity index (χ3n) is 3.37. The number of hydrogen-bond donors (Lipinski definition) is 2. The van der Waals surface area contributed by atoms with Gasteiger partial charge in [-0.1, -0.05) is 0 Å². The Morgan fingerprint density at radius 3 is 2.77 bits per heavy atom. The summed E-state index contributed by atoms with van der Waals surface area (Å²) in [4.78, 5) is 12.2. The van der Waals surface area contributed by atoms with Gasteiger partial charge in [0.1, 0.15) is 0 Å².